The van der Waals surface area contributed by atoms with Crippen LogP contribution in [0.5, 0.6) is 5.75 Å². The number of carbonyl (C=O) groups is 2. The zero-order valence-corrected chi connectivity index (χ0v) is 15.1. The predicted molar refractivity (Wildman–Crippen MR) is 99.0 cm³/mol. The van der Waals surface area contributed by atoms with Crippen molar-refractivity contribution in [2.45, 2.75) is 12.7 Å². The SMILES string of the molecule is O=C1CN(CC(=O)N[C@H](c2ccccc2)c2ccc(OC(F)F)cc2)CCN1. The van der Waals surface area contributed by atoms with Crippen LogP contribution < -0.4 is 15.4 Å². The van der Waals surface area contributed by atoms with Crippen molar-refractivity contribution >= 4 is 11.8 Å². The first-order chi connectivity index (χ1) is 13.5. The molecule has 0 saturated carbocycles. The van der Waals surface area contributed by atoms with E-state index in [4.69, 9.17) is 0 Å². The zero-order valence-electron chi connectivity index (χ0n) is 15.1. The second kappa shape index (κ2) is 9.27. The molecule has 1 saturated heterocycles. The molecule has 1 fully saturated rings. The van der Waals surface area contributed by atoms with Crippen LogP contribution in [0.2, 0.25) is 0 Å². The third kappa shape index (κ3) is 5.50. The molecule has 28 heavy (non-hydrogen) atoms. The lowest BCUT2D eigenvalue weighted by molar-refractivity contribution is -0.127. The molecule has 1 aliphatic rings. The number of amides is 2. The van der Waals surface area contributed by atoms with Crippen LogP contribution in [0.3, 0.4) is 0 Å². The molecule has 0 aromatic heterocycles. The highest BCUT2D eigenvalue weighted by molar-refractivity contribution is 5.82. The summed E-state index contributed by atoms with van der Waals surface area (Å²) in [4.78, 5) is 25.8. The third-order valence-electron chi connectivity index (χ3n) is 4.36. The molecule has 148 valence electrons. The van der Waals surface area contributed by atoms with Gasteiger partial charge in [0.25, 0.3) is 0 Å². The number of hydrogen-bond donors (Lipinski definition) is 2. The summed E-state index contributed by atoms with van der Waals surface area (Å²) < 4.78 is 29.1. The van der Waals surface area contributed by atoms with Gasteiger partial charge in [-0.25, -0.2) is 0 Å². The molecular weight excluding hydrogens is 368 g/mol. The van der Waals surface area contributed by atoms with E-state index in [-0.39, 0.29) is 30.7 Å². The fourth-order valence-corrected chi connectivity index (χ4v) is 3.08. The van der Waals surface area contributed by atoms with Crippen LogP contribution in [0.15, 0.2) is 54.6 Å². The van der Waals surface area contributed by atoms with Crippen LogP contribution in [-0.4, -0.2) is 49.5 Å². The van der Waals surface area contributed by atoms with Crippen molar-refractivity contribution in [2.24, 2.45) is 0 Å². The van der Waals surface area contributed by atoms with Gasteiger partial charge in [-0.15, -0.1) is 0 Å². The first-order valence-corrected chi connectivity index (χ1v) is 8.89. The molecule has 2 aromatic rings. The van der Waals surface area contributed by atoms with Crippen LogP contribution in [0.1, 0.15) is 17.2 Å². The average molecular weight is 389 g/mol. The minimum absolute atomic E-state index is 0.0521. The van der Waals surface area contributed by atoms with Crippen LogP contribution in [0.4, 0.5) is 8.78 Å². The van der Waals surface area contributed by atoms with Gasteiger partial charge in [0, 0.05) is 13.1 Å². The molecule has 3 rings (SSSR count). The number of halogens is 2. The lowest BCUT2D eigenvalue weighted by Gasteiger charge is -2.27. The first-order valence-electron chi connectivity index (χ1n) is 8.89. The number of hydrogen-bond acceptors (Lipinski definition) is 4. The molecule has 1 atom stereocenters. The molecule has 0 aliphatic carbocycles. The van der Waals surface area contributed by atoms with E-state index in [0.29, 0.717) is 13.1 Å². The van der Waals surface area contributed by atoms with E-state index >= 15 is 0 Å². The van der Waals surface area contributed by atoms with Gasteiger partial charge < -0.3 is 15.4 Å². The van der Waals surface area contributed by atoms with Crippen molar-refractivity contribution in [1.82, 2.24) is 15.5 Å². The van der Waals surface area contributed by atoms with Gasteiger partial charge in [-0.1, -0.05) is 42.5 Å². The van der Waals surface area contributed by atoms with Crippen molar-refractivity contribution in [2.75, 3.05) is 26.2 Å². The lowest BCUT2D eigenvalue weighted by atomic mass is 9.98. The Morgan fingerprint density at radius 1 is 1.11 bits per heavy atom. The Hall–Kier alpha value is -3.00. The summed E-state index contributed by atoms with van der Waals surface area (Å²) in [7, 11) is 0. The molecule has 1 aliphatic heterocycles. The molecule has 6 nitrogen and oxygen atoms in total. The van der Waals surface area contributed by atoms with Crippen molar-refractivity contribution in [3.8, 4) is 5.75 Å². The Bertz CT molecular complexity index is 800. The number of nitrogens with zero attached hydrogens (tertiary/aromatic N) is 1. The van der Waals surface area contributed by atoms with Gasteiger partial charge in [0.15, 0.2) is 0 Å². The van der Waals surface area contributed by atoms with E-state index in [2.05, 4.69) is 15.4 Å². The fourth-order valence-electron chi connectivity index (χ4n) is 3.08. The smallest absolute Gasteiger partial charge is 0.387 e. The van der Waals surface area contributed by atoms with E-state index in [9.17, 15) is 18.4 Å². The molecule has 0 unspecified atom stereocenters. The Kier molecular flexibility index (Phi) is 6.54. The van der Waals surface area contributed by atoms with Crippen LogP contribution in [0.25, 0.3) is 0 Å². The highest BCUT2D eigenvalue weighted by Gasteiger charge is 2.22. The number of ether oxygens (including phenoxy) is 1. The van der Waals surface area contributed by atoms with Gasteiger partial charge in [-0.05, 0) is 23.3 Å². The van der Waals surface area contributed by atoms with E-state index in [0.717, 1.165) is 11.1 Å². The molecule has 8 heteroatoms. The monoisotopic (exact) mass is 389 g/mol. The largest absolute Gasteiger partial charge is 0.435 e. The highest BCUT2D eigenvalue weighted by Crippen LogP contribution is 2.25. The quantitative estimate of drug-likeness (QED) is 0.759. The second-order valence-electron chi connectivity index (χ2n) is 6.42. The van der Waals surface area contributed by atoms with Crippen LogP contribution in [0, 0.1) is 0 Å². The second-order valence-corrected chi connectivity index (χ2v) is 6.42. The van der Waals surface area contributed by atoms with E-state index in [1.54, 1.807) is 17.0 Å². The van der Waals surface area contributed by atoms with E-state index < -0.39 is 12.7 Å². The van der Waals surface area contributed by atoms with Crippen LogP contribution >= 0.6 is 0 Å². The summed E-state index contributed by atoms with van der Waals surface area (Å²) in [5, 5.41) is 5.69. The number of rotatable bonds is 7. The summed E-state index contributed by atoms with van der Waals surface area (Å²) in [5.74, 6) is -0.277. The van der Waals surface area contributed by atoms with Crippen molar-refractivity contribution in [3.63, 3.8) is 0 Å². The third-order valence-corrected chi connectivity index (χ3v) is 4.36. The molecule has 0 radical (unpaired) electrons. The average Bonchev–Trinajstić information content (AvgIpc) is 2.67. The van der Waals surface area contributed by atoms with Crippen molar-refractivity contribution in [3.05, 3.63) is 65.7 Å². The lowest BCUT2D eigenvalue weighted by Crippen LogP contribution is -2.50. The Balaban J connectivity index is 1.74. The number of piperazine rings is 1. The fraction of sp³-hybridized carbons (Fsp3) is 0.300. The minimum atomic E-state index is -2.89. The Morgan fingerprint density at radius 2 is 1.79 bits per heavy atom. The molecular formula is C20H21F2N3O3. The molecule has 1 heterocycles. The van der Waals surface area contributed by atoms with Gasteiger partial charge >= 0.3 is 6.61 Å². The standard InChI is InChI=1S/C20H21F2N3O3/c21-20(22)28-16-8-6-15(7-9-16)19(14-4-2-1-3-5-14)24-18(27)13-25-11-10-23-17(26)12-25/h1-9,19-20H,10-13H2,(H,23,26)(H,24,27)/t19-/m1/s1. The van der Waals surface area contributed by atoms with E-state index in [1.807, 2.05) is 30.3 Å². The van der Waals surface area contributed by atoms with Crippen molar-refractivity contribution < 1.29 is 23.1 Å². The summed E-state index contributed by atoms with van der Waals surface area (Å²) in [6.07, 6.45) is 0. The summed E-state index contributed by atoms with van der Waals surface area (Å²) in [6.45, 7) is -1.49. The van der Waals surface area contributed by atoms with Gasteiger partial charge in [-0.2, -0.15) is 8.78 Å². The zero-order chi connectivity index (χ0) is 19.9. The Labute approximate surface area is 161 Å². The molecule has 2 N–H and O–H groups in total. The topological polar surface area (TPSA) is 70.7 Å². The molecule has 0 bridgehead atoms. The molecule has 0 spiro atoms. The van der Waals surface area contributed by atoms with Gasteiger partial charge in [0.2, 0.25) is 11.8 Å². The summed E-state index contributed by atoms with van der Waals surface area (Å²) in [5.41, 5.74) is 1.59. The number of nitrogens with one attached hydrogen (secondary N) is 2. The molecule has 2 amide bonds. The van der Waals surface area contributed by atoms with Gasteiger partial charge in [0.05, 0.1) is 19.1 Å². The summed E-state index contributed by atoms with van der Waals surface area (Å²) in [6, 6.07) is 15.1. The number of carbonyl (C=O) groups excluding carboxylic acids is 2. The Morgan fingerprint density at radius 3 is 2.43 bits per heavy atom. The molecule has 2 aromatic carbocycles. The maximum atomic E-state index is 12.6. The van der Waals surface area contributed by atoms with Gasteiger partial charge in [0.1, 0.15) is 5.75 Å². The number of alkyl halides is 2. The minimum Gasteiger partial charge on any atom is -0.435 e. The van der Waals surface area contributed by atoms with Crippen LogP contribution in [-0.2, 0) is 9.59 Å². The maximum Gasteiger partial charge on any atom is 0.387 e. The number of benzene rings is 2. The summed E-state index contributed by atoms with van der Waals surface area (Å²) >= 11 is 0. The first kappa shape index (κ1) is 19.8. The predicted octanol–water partition coefficient (Wildman–Crippen LogP) is 1.93. The normalized spacial score (nSPS) is 15.8. The van der Waals surface area contributed by atoms with Crippen molar-refractivity contribution in [1.29, 1.82) is 0 Å². The van der Waals surface area contributed by atoms with Gasteiger partial charge in [-0.3, -0.25) is 14.5 Å². The maximum absolute atomic E-state index is 12.6. The van der Waals surface area contributed by atoms with E-state index in [1.165, 1.54) is 12.1 Å². The highest BCUT2D eigenvalue weighted by atomic mass is 19.3.